The number of carbonyl (C=O) groups is 1. The molecule has 1 saturated heterocycles. The molecule has 156 valence electrons. The van der Waals surface area contributed by atoms with Crippen LogP contribution in [0.15, 0.2) is 30.7 Å². The molecule has 2 aliphatic rings. The van der Waals surface area contributed by atoms with Crippen LogP contribution in [-0.2, 0) is 0 Å². The summed E-state index contributed by atoms with van der Waals surface area (Å²) in [5.74, 6) is 1.57. The van der Waals surface area contributed by atoms with E-state index in [2.05, 4.69) is 25.2 Å². The molecule has 5 heterocycles. The molecule has 31 heavy (non-hydrogen) atoms. The minimum absolute atomic E-state index is 0.316. The zero-order chi connectivity index (χ0) is 20.9. The smallest absolute Gasteiger partial charge is 0.265 e. The molecule has 0 aromatic carbocycles. The van der Waals surface area contributed by atoms with Crippen LogP contribution in [0, 0.1) is 0 Å². The third kappa shape index (κ3) is 3.09. The molecule has 4 aromatic heterocycles. The highest BCUT2D eigenvalue weighted by atomic mass is 16.1. The van der Waals surface area contributed by atoms with Crippen molar-refractivity contribution in [3.05, 3.63) is 42.0 Å². The molecule has 6 rings (SSSR count). The Morgan fingerprint density at radius 1 is 1.16 bits per heavy atom. The van der Waals surface area contributed by atoms with Crippen molar-refractivity contribution in [2.24, 2.45) is 5.73 Å². The molecular weight excluding hydrogens is 392 g/mol. The molecule has 2 fully saturated rings. The first-order valence-corrected chi connectivity index (χ1v) is 10.6. The molecule has 1 aliphatic heterocycles. The number of aromatic amines is 1. The van der Waals surface area contributed by atoms with Crippen molar-refractivity contribution < 1.29 is 4.79 Å². The molecule has 9 heteroatoms. The molecule has 4 N–H and O–H groups in total. The second kappa shape index (κ2) is 6.98. The molecular formula is C22H22N8O. The summed E-state index contributed by atoms with van der Waals surface area (Å²) in [4.78, 5) is 35.8. The lowest BCUT2D eigenvalue weighted by Crippen LogP contribution is -2.44. The number of amides is 1. The van der Waals surface area contributed by atoms with E-state index in [1.54, 1.807) is 12.3 Å². The van der Waals surface area contributed by atoms with Crippen LogP contribution in [-0.4, -0.2) is 57.0 Å². The Balaban J connectivity index is 1.60. The molecule has 0 unspecified atom stereocenters. The average Bonchev–Trinajstić information content (AvgIpc) is 3.55. The minimum atomic E-state index is -0.525. The van der Waals surface area contributed by atoms with Gasteiger partial charge >= 0.3 is 0 Å². The number of fused-ring (bicyclic) bond motifs is 2. The Labute approximate surface area is 178 Å². The summed E-state index contributed by atoms with van der Waals surface area (Å²) in [5, 5.41) is 5.30. The number of nitrogens with zero attached hydrogens (tertiary/aromatic N) is 5. The molecule has 9 nitrogen and oxygen atoms in total. The van der Waals surface area contributed by atoms with E-state index >= 15 is 0 Å². The summed E-state index contributed by atoms with van der Waals surface area (Å²) in [6.45, 7) is 3.62. The van der Waals surface area contributed by atoms with Crippen LogP contribution in [0.3, 0.4) is 0 Å². The predicted molar refractivity (Wildman–Crippen MR) is 118 cm³/mol. The van der Waals surface area contributed by atoms with Gasteiger partial charge in [0.25, 0.3) is 5.91 Å². The highest BCUT2D eigenvalue weighted by Crippen LogP contribution is 2.45. The number of primary amides is 1. The summed E-state index contributed by atoms with van der Waals surface area (Å²) >= 11 is 0. The molecule has 0 radical (unpaired) electrons. The van der Waals surface area contributed by atoms with Gasteiger partial charge in [0.15, 0.2) is 5.82 Å². The molecule has 4 aromatic rings. The SMILES string of the molecule is NC(=O)c1cc2c(-c3nc(N4CCNCC4)c4c(C5CC5)cncc4n3)ccnc2[nH]1. The van der Waals surface area contributed by atoms with Crippen LogP contribution in [0.5, 0.6) is 0 Å². The summed E-state index contributed by atoms with van der Waals surface area (Å²) in [6.07, 6.45) is 7.87. The number of aromatic nitrogens is 5. The fourth-order valence-corrected chi connectivity index (χ4v) is 4.37. The van der Waals surface area contributed by atoms with Gasteiger partial charge < -0.3 is 20.9 Å². The van der Waals surface area contributed by atoms with Crippen molar-refractivity contribution >= 4 is 33.7 Å². The van der Waals surface area contributed by atoms with Crippen LogP contribution in [0.25, 0.3) is 33.3 Å². The lowest BCUT2D eigenvalue weighted by atomic mass is 10.1. The number of pyridine rings is 2. The molecule has 1 amide bonds. The van der Waals surface area contributed by atoms with E-state index in [0.29, 0.717) is 23.1 Å². The number of anilines is 1. The van der Waals surface area contributed by atoms with Gasteiger partial charge in [0.1, 0.15) is 17.2 Å². The summed E-state index contributed by atoms with van der Waals surface area (Å²) in [7, 11) is 0. The first-order chi connectivity index (χ1) is 15.2. The first kappa shape index (κ1) is 18.2. The fourth-order valence-electron chi connectivity index (χ4n) is 4.37. The van der Waals surface area contributed by atoms with Gasteiger partial charge in [-0.3, -0.25) is 9.78 Å². The largest absolute Gasteiger partial charge is 0.364 e. The Bertz CT molecular complexity index is 1320. The highest BCUT2D eigenvalue weighted by Gasteiger charge is 2.29. The van der Waals surface area contributed by atoms with Gasteiger partial charge in [-0.05, 0) is 36.5 Å². The third-order valence-corrected chi connectivity index (χ3v) is 6.09. The van der Waals surface area contributed by atoms with Crippen molar-refractivity contribution in [3.8, 4) is 11.4 Å². The van der Waals surface area contributed by atoms with Gasteiger partial charge in [0.05, 0.1) is 11.7 Å². The van der Waals surface area contributed by atoms with Gasteiger partial charge in [-0.1, -0.05) is 0 Å². The number of carbonyl (C=O) groups excluding carboxylic acids is 1. The Morgan fingerprint density at radius 3 is 2.77 bits per heavy atom. The Kier molecular flexibility index (Phi) is 4.10. The first-order valence-electron chi connectivity index (χ1n) is 10.6. The van der Waals surface area contributed by atoms with E-state index in [-0.39, 0.29) is 0 Å². The third-order valence-electron chi connectivity index (χ3n) is 6.09. The molecule has 1 aliphatic carbocycles. The van der Waals surface area contributed by atoms with E-state index in [1.807, 2.05) is 18.5 Å². The Morgan fingerprint density at radius 2 is 2.00 bits per heavy atom. The second-order valence-corrected chi connectivity index (χ2v) is 8.17. The van der Waals surface area contributed by atoms with Gasteiger partial charge in [0, 0.05) is 54.9 Å². The Hall–Kier alpha value is -3.59. The van der Waals surface area contributed by atoms with Crippen LogP contribution in [0.1, 0.15) is 34.8 Å². The van der Waals surface area contributed by atoms with Gasteiger partial charge in [-0.25, -0.2) is 15.0 Å². The molecule has 0 atom stereocenters. The van der Waals surface area contributed by atoms with Crippen LogP contribution in [0.2, 0.25) is 0 Å². The van der Waals surface area contributed by atoms with Gasteiger partial charge in [-0.15, -0.1) is 0 Å². The maximum atomic E-state index is 11.7. The quantitative estimate of drug-likeness (QED) is 0.466. The normalized spacial score (nSPS) is 16.8. The van der Waals surface area contributed by atoms with Gasteiger partial charge in [0.2, 0.25) is 0 Å². The summed E-state index contributed by atoms with van der Waals surface area (Å²) in [5.41, 5.74) is 9.27. The average molecular weight is 414 g/mol. The molecule has 0 bridgehead atoms. The maximum absolute atomic E-state index is 11.7. The van der Waals surface area contributed by atoms with Crippen LogP contribution < -0.4 is 16.0 Å². The number of hydrogen-bond donors (Lipinski definition) is 3. The maximum Gasteiger partial charge on any atom is 0.265 e. The van der Waals surface area contributed by atoms with Crippen LogP contribution >= 0.6 is 0 Å². The summed E-state index contributed by atoms with van der Waals surface area (Å²) in [6, 6.07) is 3.60. The number of H-pyrrole nitrogens is 1. The van der Waals surface area contributed by atoms with Crippen molar-refractivity contribution in [1.29, 1.82) is 0 Å². The van der Waals surface area contributed by atoms with Crippen molar-refractivity contribution in [1.82, 2.24) is 30.2 Å². The lowest BCUT2D eigenvalue weighted by molar-refractivity contribution is 0.0996. The van der Waals surface area contributed by atoms with Crippen molar-refractivity contribution in [3.63, 3.8) is 0 Å². The van der Waals surface area contributed by atoms with E-state index in [0.717, 1.165) is 53.8 Å². The second-order valence-electron chi connectivity index (χ2n) is 8.17. The monoisotopic (exact) mass is 414 g/mol. The topological polar surface area (TPSA) is 126 Å². The number of nitrogens with two attached hydrogens (primary N) is 1. The van der Waals surface area contributed by atoms with Crippen LogP contribution in [0.4, 0.5) is 5.82 Å². The van der Waals surface area contributed by atoms with Crippen molar-refractivity contribution in [2.45, 2.75) is 18.8 Å². The molecule has 1 saturated carbocycles. The number of rotatable bonds is 4. The zero-order valence-electron chi connectivity index (χ0n) is 16.9. The number of nitrogens with one attached hydrogen (secondary N) is 2. The summed E-state index contributed by atoms with van der Waals surface area (Å²) < 4.78 is 0. The predicted octanol–water partition coefficient (Wildman–Crippen LogP) is 1.95. The zero-order valence-corrected chi connectivity index (χ0v) is 16.9. The van der Waals surface area contributed by atoms with E-state index < -0.39 is 5.91 Å². The van der Waals surface area contributed by atoms with E-state index in [4.69, 9.17) is 15.7 Å². The van der Waals surface area contributed by atoms with Crippen molar-refractivity contribution in [2.75, 3.05) is 31.1 Å². The number of piperazine rings is 1. The highest BCUT2D eigenvalue weighted by molar-refractivity contribution is 6.01. The standard InChI is InChI=1S/C22H22N8O/c23-19(31)16-9-14-13(3-4-26-20(14)27-16)21-28-17-11-25-10-15(12-1-2-12)18(17)22(29-21)30-7-5-24-6-8-30/h3-4,9-12,24H,1-2,5-8H2,(H2,23,31)(H,26,27). The van der Waals surface area contributed by atoms with E-state index in [1.165, 1.54) is 18.4 Å². The van der Waals surface area contributed by atoms with E-state index in [9.17, 15) is 4.79 Å². The fraction of sp³-hybridized carbons (Fsp3) is 0.318. The van der Waals surface area contributed by atoms with Gasteiger partial charge in [-0.2, -0.15) is 0 Å². The lowest BCUT2D eigenvalue weighted by Gasteiger charge is -2.30. The minimum Gasteiger partial charge on any atom is -0.364 e. The molecule has 0 spiro atoms. The number of hydrogen-bond acceptors (Lipinski definition) is 7.